The molecule has 0 aliphatic rings. The zero-order valence-electron chi connectivity index (χ0n) is 11.0. The Morgan fingerprint density at radius 3 is 2.37 bits per heavy atom. The quantitative estimate of drug-likeness (QED) is 0.866. The van der Waals surface area contributed by atoms with E-state index in [1.54, 1.807) is 0 Å². The highest BCUT2D eigenvalue weighted by atomic mass is 19.3. The van der Waals surface area contributed by atoms with Gasteiger partial charge in [-0.15, -0.1) is 0 Å². The Hall–Kier alpha value is -1.85. The van der Waals surface area contributed by atoms with Crippen LogP contribution in [0.25, 0.3) is 0 Å². The Bertz CT molecular complexity index is 466. The van der Waals surface area contributed by atoms with Crippen molar-refractivity contribution in [1.82, 2.24) is 0 Å². The average Bonchev–Trinajstić information content (AvgIpc) is 2.33. The SMILES string of the molecule is COc1cc(C(C)(F)F)cc(CCC(=O)O)c1OC. The summed E-state index contributed by atoms with van der Waals surface area (Å²) in [5.41, 5.74) is 0.159. The van der Waals surface area contributed by atoms with Crippen LogP contribution in [0.2, 0.25) is 0 Å². The lowest BCUT2D eigenvalue weighted by atomic mass is 10.0. The summed E-state index contributed by atoms with van der Waals surface area (Å²) in [7, 11) is 2.72. The predicted molar refractivity (Wildman–Crippen MR) is 65.1 cm³/mol. The van der Waals surface area contributed by atoms with Crippen molar-refractivity contribution in [2.24, 2.45) is 0 Å². The first-order valence-electron chi connectivity index (χ1n) is 5.64. The first kappa shape index (κ1) is 15.2. The van der Waals surface area contributed by atoms with Crippen LogP contribution in [0.3, 0.4) is 0 Å². The number of hydrogen-bond acceptors (Lipinski definition) is 3. The van der Waals surface area contributed by atoms with E-state index in [1.165, 1.54) is 26.4 Å². The van der Waals surface area contributed by atoms with Gasteiger partial charge in [0.25, 0.3) is 5.92 Å². The largest absolute Gasteiger partial charge is 0.493 e. The molecule has 0 spiro atoms. The third-order valence-corrected chi connectivity index (χ3v) is 2.67. The molecule has 1 N–H and O–H groups in total. The van der Waals surface area contributed by atoms with Gasteiger partial charge in [-0.1, -0.05) is 0 Å². The third-order valence-electron chi connectivity index (χ3n) is 2.67. The minimum Gasteiger partial charge on any atom is -0.493 e. The molecule has 6 heteroatoms. The molecule has 0 saturated carbocycles. The van der Waals surface area contributed by atoms with E-state index in [2.05, 4.69) is 0 Å². The van der Waals surface area contributed by atoms with Gasteiger partial charge in [-0.05, 0) is 24.1 Å². The number of rotatable bonds is 6. The molecule has 0 aliphatic heterocycles. The zero-order valence-corrected chi connectivity index (χ0v) is 11.0. The number of methoxy groups -OCH3 is 2. The van der Waals surface area contributed by atoms with Crippen LogP contribution in [0.15, 0.2) is 12.1 Å². The standard InChI is InChI=1S/C13H16F2O4/c1-13(14,15)9-6-8(4-5-11(16)17)12(19-3)10(7-9)18-2/h6-7H,4-5H2,1-3H3,(H,16,17). The van der Waals surface area contributed by atoms with Crippen LogP contribution in [0.4, 0.5) is 8.78 Å². The van der Waals surface area contributed by atoms with Crippen LogP contribution >= 0.6 is 0 Å². The van der Waals surface area contributed by atoms with Gasteiger partial charge in [0, 0.05) is 18.9 Å². The Labute approximate surface area is 109 Å². The average molecular weight is 274 g/mol. The fourth-order valence-electron chi connectivity index (χ4n) is 1.72. The number of alkyl halides is 2. The van der Waals surface area contributed by atoms with Crippen molar-refractivity contribution < 1.29 is 28.2 Å². The summed E-state index contributed by atoms with van der Waals surface area (Å²) in [6.07, 6.45) is -0.0724. The van der Waals surface area contributed by atoms with Crippen molar-refractivity contribution in [3.8, 4) is 11.5 Å². The van der Waals surface area contributed by atoms with Gasteiger partial charge in [-0.2, -0.15) is 0 Å². The summed E-state index contributed by atoms with van der Waals surface area (Å²) in [5.74, 6) is -3.58. The van der Waals surface area contributed by atoms with Gasteiger partial charge < -0.3 is 14.6 Å². The maximum atomic E-state index is 13.4. The van der Waals surface area contributed by atoms with Crippen LogP contribution in [-0.2, 0) is 17.1 Å². The number of carboxylic acid groups (broad SMARTS) is 1. The number of carbonyl (C=O) groups is 1. The molecule has 0 atom stereocenters. The molecular weight excluding hydrogens is 258 g/mol. The highest BCUT2D eigenvalue weighted by Crippen LogP contribution is 2.38. The van der Waals surface area contributed by atoms with Crippen molar-refractivity contribution in [3.05, 3.63) is 23.3 Å². The summed E-state index contributed by atoms with van der Waals surface area (Å²) >= 11 is 0. The van der Waals surface area contributed by atoms with E-state index in [4.69, 9.17) is 14.6 Å². The summed E-state index contributed by atoms with van der Waals surface area (Å²) in [5, 5.41) is 8.67. The smallest absolute Gasteiger partial charge is 0.303 e. The minimum absolute atomic E-state index is 0.0960. The number of ether oxygens (including phenoxy) is 2. The molecule has 1 aromatic rings. The molecule has 4 nitrogen and oxygen atoms in total. The summed E-state index contributed by atoms with van der Waals surface area (Å²) in [6.45, 7) is 0.773. The second-order valence-electron chi connectivity index (χ2n) is 4.15. The highest BCUT2D eigenvalue weighted by molar-refractivity contribution is 5.67. The molecule has 106 valence electrons. The van der Waals surface area contributed by atoms with Crippen molar-refractivity contribution in [1.29, 1.82) is 0 Å². The minimum atomic E-state index is -3.03. The van der Waals surface area contributed by atoms with Crippen LogP contribution in [-0.4, -0.2) is 25.3 Å². The van der Waals surface area contributed by atoms with Gasteiger partial charge in [-0.25, -0.2) is 8.78 Å². The maximum absolute atomic E-state index is 13.4. The third kappa shape index (κ3) is 3.81. The van der Waals surface area contributed by atoms with E-state index in [9.17, 15) is 13.6 Å². The topological polar surface area (TPSA) is 55.8 Å². The Morgan fingerprint density at radius 2 is 1.95 bits per heavy atom. The molecule has 0 aromatic heterocycles. The molecule has 0 aliphatic carbocycles. The van der Waals surface area contributed by atoms with E-state index < -0.39 is 11.9 Å². The Morgan fingerprint density at radius 1 is 1.32 bits per heavy atom. The number of hydrogen-bond donors (Lipinski definition) is 1. The van der Waals surface area contributed by atoms with Gasteiger partial charge in [-0.3, -0.25) is 4.79 Å². The molecule has 0 heterocycles. The molecule has 0 radical (unpaired) electrons. The van der Waals surface area contributed by atoms with E-state index in [0.29, 0.717) is 5.56 Å². The lowest BCUT2D eigenvalue weighted by Crippen LogP contribution is -2.10. The summed E-state index contributed by atoms with van der Waals surface area (Å²) < 4.78 is 36.9. The van der Waals surface area contributed by atoms with Gasteiger partial charge in [0.1, 0.15) is 0 Å². The van der Waals surface area contributed by atoms with Crippen LogP contribution in [0.5, 0.6) is 11.5 Å². The molecular formula is C13H16F2O4. The number of carboxylic acids is 1. The maximum Gasteiger partial charge on any atom is 0.303 e. The number of benzene rings is 1. The first-order valence-corrected chi connectivity index (χ1v) is 5.64. The van der Waals surface area contributed by atoms with E-state index >= 15 is 0 Å². The number of aliphatic carboxylic acids is 1. The lowest BCUT2D eigenvalue weighted by Gasteiger charge is -2.17. The molecule has 19 heavy (non-hydrogen) atoms. The molecule has 0 unspecified atom stereocenters. The molecule has 0 bridgehead atoms. The van der Waals surface area contributed by atoms with E-state index in [-0.39, 0.29) is 29.9 Å². The predicted octanol–water partition coefficient (Wildman–Crippen LogP) is 2.83. The first-order chi connectivity index (χ1) is 8.79. The second-order valence-corrected chi connectivity index (χ2v) is 4.15. The van der Waals surface area contributed by atoms with E-state index in [0.717, 1.165) is 6.92 Å². The van der Waals surface area contributed by atoms with Crippen LogP contribution in [0.1, 0.15) is 24.5 Å². The van der Waals surface area contributed by atoms with Gasteiger partial charge >= 0.3 is 5.97 Å². The molecule has 0 amide bonds. The molecule has 1 aromatic carbocycles. The monoisotopic (exact) mass is 274 g/mol. The van der Waals surface area contributed by atoms with Crippen molar-refractivity contribution in [3.63, 3.8) is 0 Å². The van der Waals surface area contributed by atoms with Gasteiger partial charge in [0.2, 0.25) is 0 Å². The fourth-order valence-corrected chi connectivity index (χ4v) is 1.72. The highest BCUT2D eigenvalue weighted by Gasteiger charge is 2.27. The molecule has 0 saturated heterocycles. The Balaban J connectivity index is 3.27. The van der Waals surface area contributed by atoms with Crippen molar-refractivity contribution in [2.75, 3.05) is 14.2 Å². The number of halogens is 2. The Kier molecular flexibility index (Phi) is 4.69. The fraction of sp³-hybridized carbons (Fsp3) is 0.462. The van der Waals surface area contributed by atoms with Crippen molar-refractivity contribution in [2.45, 2.75) is 25.7 Å². The van der Waals surface area contributed by atoms with E-state index in [1.807, 2.05) is 0 Å². The summed E-state index contributed by atoms with van der Waals surface area (Å²) in [4.78, 5) is 10.6. The zero-order chi connectivity index (χ0) is 14.6. The lowest BCUT2D eigenvalue weighted by molar-refractivity contribution is -0.136. The van der Waals surface area contributed by atoms with Gasteiger partial charge in [0.05, 0.1) is 14.2 Å². The number of aryl methyl sites for hydroxylation is 1. The molecule has 1 rings (SSSR count). The van der Waals surface area contributed by atoms with Gasteiger partial charge in [0.15, 0.2) is 11.5 Å². The normalized spacial score (nSPS) is 11.2. The van der Waals surface area contributed by atoms with Crippen LogP contribution < -0.4 is 9.47 Å². The van der Waals surface area contributed by atoms with Crippen LogP contribution in [0, 0.1) is 0 Å². The summed E-state index contributed by atoms with van der Waals surface area (Å²) in [6, 6.07) is 2.45. The second kappa shape index (κ2) is 5.86. The van der Waals surface area contributed by atoms with Crippen molar-refractivity contribution >= 4 is 5.97 Å². The molecule has 0 fully saturated rings.